The SMILES string of the molecule is O=S(=O)(NCc1cncs1)c1cccc(Br)c1. The van der Waals surface area contributed by atoms with Gasteiger partial charge in [-0.05, 0) is 18.2 Å². The van der Waals surface area contributed by atoms with E-state index in [0.717, 1.165) is 9.35 Å². The molecule has 0 aliphatic rings. The predicted octanol–water partition coefficient (Wildman–Crippen LogP) is 2.38. The molecule has 7 heteroatoms. The normalized spacial score (nSPS) is 11.6. The van der Waals surface area contributed by atoms with Gasteiger partial charge >= 0.3 is 0 Å². The van der Waals surface area contributed by atoms with Gasteiger partial charge in [-0.2, -0.15) is 0 Å². The van der Waals surface area contributed by atoms with Crippen molar-refractivity contribution in [3.8, 4) is 0 Å². The largest absolute Gasteiger partial charge is 0.253 e. The van der Waals surface area contributed by atoms with Gasteiger partial charge in [-0.3, -0.25) is 4.98 Å². The number of thiazole rings is 1. The minimum Gasteiger partial charge on any atom is -0.253 e. The van der Waals surface area contributed by atoms with Gasteiger partial charge in [0.1, 0.15) is 0 Å². The summed E-state index contributed by atoms with van der Waals surface area (Å²) in [5.74, 6) is 0. The smallest absolute Gasteiger partial charge is 0.240 e. The van der Waals surface area contributed by atoms with Crippen molar-refractivity contribution in [1.82, 2.24) is 9.71 Å². The number of halogens is 1. The fourth-order valence-corrected chi connectivity index (χ4v) is 3.44. The van der Waals surface area contributed by atoms with Gasteiger partial charge in [0.2, 0.25) is 10.0 Å². The van der Waals surface area contributed by atoms with Crippen molar-refractivity contribution < 1.29 is 8.42 Å². The van der Waals surface area contributed by atoms with Gasteiger partial charge in [0.05, 0.1) is 10.4 Å². The maximum absolute atomic E-state index is 11.9. The molecule has 0 aliphatic heterocycles. The van der Waals surface area contributed by atoms with Crippen LogP contribution in [0.4, 0.5) is 0 Å². The first-order chi connectivity index (χ1) is 8.08. The molecule has 1 aromatic heterocycles. The molecule has 1 N–H and O–H groups in total. The molecular formula is C10H9BrN2O2S2. The molecule has 0 aliphatic carbocycles. The summed E-state index contributed by atoms with van der Waals surface area (Å²) in [4.78, 5) is 5.01. The molecule has 1 aromatic carbocycles. The highest BCUT2D eigenvalue weighted by Gasteiger charge is 2.13. The van der Waals surface area contributed by atoms with E-state index < -0.39 is 10.0 Å². The Kier molecular flexibility index (Phi) is 3.93. The van der Waals surface area contributed by atoms with Crippen LogP contribution in [0.5, 0.6) is 0 Å². The number of sulfonamides is 1. The predicted molar refractivity (Wildman–Crippen MR) is 70.3 cm³/mol. The molecule has 17 heavy (non-hydrogen) atoms. The fourth-order valence-electron chi connectivity index (χ4n) is 1.21. The topological polar surface area (TPSA) is 59.1 Å². The molecular weight excluding hydrogens is 324 g/mol. The maximum atomic E-state index is 11.9. The highest BCUT2D eigenvalue weighted by Crippen LogP contribution is 2.16. The standard InChI is InChI=1S/C10H9BrN2O2S2/c11-8-2-1-3-10(4-8)17(14,15)13-6-9-5-12-7-16-9/h1-5,7,13H,6H2. The Morgan fingerprint density at radius 1 is 1.41 bits per heavy atom. The van der Waals surface area contributed by atoms with Crippen LogP contribution in [0.15, 0.2) is 45.3 Å². The Bertz CT molecular complexity index is 597. The van der Waals surface area contributed by atoms with E-state index in [2.05, 4.69) is 25.6 Å². The lowest BCUT2D eigenvalue weighted by molar-refractivity contribution is 0.581. The monoisotopic (exact) mass is 332 g/mol. The average Bonchev–Trinajstić information content (AvgIpc) is 2.79. The number of hydrogen-bond donors (Lipinski definition) is 1. The van der Waals surface area contributed by atoms with Gasteiger partial charge in [0.15, 0.2) is 0 Å². The second-order valence-corrected chi connectivity index (χ2v) is 6.90. The van der Waals surface area contributed by atoms with Crippen molar-refractivity contribution in [3.63, 3.8) is 0 Å². The second kappa shape index (κ2) is 5.26. The van der Waals surface area contributed by atoms with E-state index in [9.17, 15) is 8.42 Å². The van der Waals surface area contributed by atoms with Gasteiger partial charge in [-0.15, -0.1) is 11.3 Å². The third-order valence-electron chi connectivity index (χ3n) is 2.03. The molecule has 0 unspecified atom stereocenters. The summed E-state index contributed by atoms with van der Waals surface area (Å²) in [6.07, 6.45) is 1.65. The van der Waals surface area contributed by atoms with Crippen molar-refractivity contribution in [1.29, 1.82) is 0 Å². The van der Waals surface area contributed by atoms with Gasteiger partial charge in [0.25, 0.3) is 0 Å². The quantitative estimate of drug-likeness (QED) is 0.935. The lowest BCUT2D eigenvalue weighted by Gasteiger charge is -2.05. The van der Waals surface area contributed by atoms with Crippen LogP contribution >= 0.6 is 27.3 Å². The fraction of sp³-hybridized carbons (Fsp3) is 0.100. The first kappa shape index (κ1) is 12.7. The Morgan fingerprint density at radius 3 is 2.88 bits per heavy atom. The molecule has 0 bridgehead atoms. The second-order valence-electron chi connectivity index (χ2n) is 3.25. The highest BCUT2D eigenvalue weighted by atomic mass is 79.9. The number of hydrogen-bond acceptors (Lipinski definition) is 4. The third-order valence-corrected chi connectivity index (χ3v) is 4.70. The summed E-state index contributed by atoms with van der Waals surface area (Å²) >= 11 is 4.66. The summed E-state index contributed by atoms with van der Waals surface area (Å²) in [6.45, 7) is 0.263. The molecule has 0 atom stereocenters. The van der Waals surface area contributed by atoms with E-state index in [-0.39, 0.29) is 11.4 Å². The van der Waals surface area contributed by atoms with Crippen LogP contribution in [0.2, 0.25) is 0 Å². The van der Waals surface area contributed by atoms with Crippen LogP contribution in [0, 0.1) is 0 Å². The Hall–Kier alpha value is -0.760. The van der Waals surface area contributed by atoms with Crippen molar-refractivity contribution in [2.45, 2.75) is 11.4 Å². The van der Waals surface area contributed by atoms with Gasteiger partial charge < -0.3 is 0 Å². The molecule has 0 saturated heterocycles. The first-order valence-corrected chi connectivity index (χ1v) is 7.86. The molecule has 0 amide bonds. The summed E-state index contributed by atoms with van der Waals surface area (Å²) < 4.78 is 27.1. The Balaban J connectivity index is 2.14. The van der Waals surface area contributed by atoms with Crippen molar-refractivity contribution in [2.75, 3.05) is 0 Å². The van der Waals surface area contributed by atoms with Crippen molar-refractivity contribution in [3.05, 3.63) is 45.3 Å². The van der Waals surface area contributed by atoms with E-state index >= 15 is 0 Å². The van der Waals surface area contributed by atoms with E-state index in [1.165, 1.54) is 11.3 Å². The molecule has 4 nitrogen and oxygen atoms in total. The van der Waals surface area contributed by atoms with E-state index in [1.54, 1.807) is 36.0 Å². The van der Waals surface area contributed by atoms with Crippen LogP contribution in [-0.2, 0) is 16.6 Å². The Morgan fingerprint density at radius 2 is 2.24 bits per heavy atom. The van der Waals surface area contributed by atoms with E-state index in [0.29, 0.717) is 0 Å². The summed E-state index contributed by atoms with van der Waals surface area (Å²) in [6, 6.07) is 6.59. The van der Waals surface area contributed by atoms with Crippen LogP contribution in [0.25, 0.3) is 0 Å². The van der Waals surface area contributed by atoms with E-state index in [1.807, 2.05) is 0 Å². The van der Waals surface area contributed by atoms with Crippen LogP contribution in [0.1, 0.15) is 4.88 Å². The van der Waals surface area contributed by atoms with Gasteiger partial charge in [-0.1, -0.05) is 22.0 Å². The lowest BCUT2D eigenvalue weighted by Crippen LogP contribution is -2.22. The molecule has 0 saturated carbocycles. The lowest BCUT2D eigenvalue weighted by atomic mass is 10.4. The van der Waals surface area contributed by atoms with Crippen LogP contribution in [0.3, 0.4) is 0 Å². The number of nitrogens with one attached hydrogen (secondary N) is 1. The number of rotatable bonds is 4. The number of aromatic nitrogens is 1. The van der Waals surface area contributed by atoms with E-state index in [4.69, 9.17) is 0 Å². The number of nitrogens with zero attached hydrogens (tertiary/aromatic N) is 1. The van der Waals surface area contributed by atoms with Crippen LogP contribution < -0.4 is 4.72 Å². The minimum atomic E-state index is -3.46. The summed E-state index contributed by atoms with van der Waals surface area (Å²) in [5, 5.41) is 0. The zero-order valence-electron chi connectivity index (χ0n) is 8.63. The minimum absolute atomic E-state index is 0.247. The zero-order chi connectivity index (χ0) is 12.3. The van der Waals surface area contributed by atoms with Crippen LogP contribution in [-0.4, -0.2) is 13.4 Å². The molecule has 0 spiro atoms. The summed E-state index contributed by atoms with van der Waals surface area (Å²) in [5.41, 5.74) is 1.67. The molecule has 2 aromatic rings. The van der Waals surface area contributed by atoms with Crippen molar-refractivity contribution >= 4 is 37.3 Å². The summed E-state index contributed by atoms with van der Waals surface area (Å²) in [7, 11) is -3.46. The Labute approximate surface area is 112 Å². The van der Waals surface area contributed by atoms with Gasteiger partial charge in [-0.25, -0.2) is 13.1 Å². The zero-order valence-corrected chi connectivity index (χ0v) is 11.8. The maximum Gasteiger partial charge on any atom is 0.240 e. The first-order valence-electron chi connectivity index (χ1n) is 4.70. The van der Waals surface area contributed by atoms with Gasteiger partial charge in [0, 0.05) is 22.1 Å². The third kappa shape index (κ3) is 3.35. The molecule has 0 radical (unpaired) electrons. The molecule has 2 rings (SSSR count). The average molecular weight is 333 g/mol. The molecule has 90 valence electrons. The van der Waals surface area contributed by atoms with Crippen molar-refractivity contribution in [2.24, 2.45) is 0 Å². The number of benzene rings is 1. The highest BCUT2D eigenvalue weighted by molar-refractivity contribution is 9.10. The molecule has 1 heterocycles. The molecule has 0 fully saturated rings.